The molecule has 0 aromatic carbocycles. The number of carbonyl (C=O) groups excluding carboxylic acids is 2. The Kier molecular flexibility index (Phi) is 5.77. The summed E-state index contributed by atoms with van der Waals surface area (Å²) < 4.78 is 0. The number of hydrogen-bond acceptors (Lipinski definition) is 4. The predicted molar refractivity (Wildman–Crippen MR) is 51.4 cm³/mol. The number of carboxylic acid groups (broad SMARTS) is 1. The van der Waals surface area contributed by atoms with Crippen molar-refractivity contribution in [1.82, 2.24) is 4.90 Å². The summed E-state index contributed by atoms with van der Waals surface area (Å²) in [4.78, 5) is 32.5. The van der Waals surface area contributed by atoms with Gasteiger partial charge in [-0.2, -0.15) is 0 Å². The van der Waals surface area contributed by atoms with Crippen molar-refractivity contribution in [3.63, 3.8) is 0 Å². The van der Waals surface area contributed by atoms with E-state index < -0.39 is 12.0 Å². The number of aliphatic hydroxyl groups excluding tert-OH is 1. The maximum Gasteiger partial charge on any atom is 0.414 e. The number of allylic oxidation sites excluding steroid dienone is 1. The van der Waals surface area contributed by atoms with Crippen molar-refractivity contribution in [2.24, 2.45) is 0 Å². The second kappa shape index (κ2) is 6.58. The molecule has 0 saturated carbocycles. The predicted octanol–water partition coefficient (Wildman–Crippen LogP) is 0.934. The molecule has 0 radical (unpaired) electrons. The zero-order valence-corrected chi connectivity index (χ0v) is 8.18. The molecule has 0 fully saturated rings. The van der Waals surface area contributed by atoms with Gasteiger partial charge in [0.15, 0.2) is 0 Å². The highest BCUT2D eigenvalue weighted by molar-refractivity contribution is 5.91. The zero-order valence-electron chi connectivity index (χ0n) is 8.18. The highest BCUT2D eigenvalue weighted by atomic mass is 16.4. The number of carbonyl (C=O) groups is 3. The molecule has 0 aliphatic rings. The molecule has 0 rings (SSSR count). The molecule has 0 aliphatic carbocycles. The first-order chi connectivity index (χ1) is 6.99. The Balaban J connectivity index is 4.22. The summed E-state index contributed by atoms with van der Waals surface area (Å²) >= 11 is 0. The van der Waals surface area contributed by atoms with E-state index in [0.717, 1.165) is 0 Å². The number of hydrogen-bond donors (Lipinski definition) is 2. The van der Waals surface area contributed by atoms with E-state index in [-0.39, 0.29) is 31.6 Å². The molecule has 2 N–H and O–H groups in total. The third kappa shape index (κ3) is 5.45. The van der Waals surface area contributed by atoms with Gasteiger partial charge < -0.3 is 15.0 Å². The minimum Gasteiger partial charge on any atom is -0.513 e. The SMILES string of the molecule is C=C(O)CCC(=O)N(CCC=O)C(=O)O. The summed E-state index contributed by atoms with van der Waals surface area (Å²) in [5.41, 5.74) is 0. The Labute approximate surface area is 86.8 Å². The minimum absolute atomic E-state index is 0.0176. The van der Waals surface area contributed by atoms with Crippen LogP contribution in [-0.2, 0) is 9.59 Å². The van der Waals surface area contributed by atoms with Crippen molar-refractivity contribution < 1.29 is 24.6 Å². The average Bonchev–Trinajstić information content (AvgIpc) is 2.14. The highest BCUT2D eigenvalue weighted by Gasteiger charge is 2.19. The number of rotatable bonds is 6. The summed E-state index contributed by atoms with van der Waals surface area (Å²) in [6.07, 6.45) is -1.01. The highest BCUT2D eigenvalue weighted by Crippen LogP contribution is 2.03. The normalized spacial score (nSPS) is 9.33. The van der Waals surface area contributed by atoms with Crippen LogP contribution in [0.3, 0.4) is 0 Å². The Hall–Kier alpha value is -1.85. The van der Waals surface area contributed by atoms with Crippen LogP contribution in [0.1, 0.15) is 19.3 Å². The first-order valence-corrected chi connectivity index (χ1v) is 4.32. The number of amides is 2. The summed E-state index contributed by atoms with van der Waals surface area (Å²) in [5.74, 6) is -0.830. The Bertz CT molecular complexity index is 274. The Morgan fingerprint density at radius 1 is 1.27 bits per heavy atom. The lowest BCUT2D eigenvalue weighted by Crippen LogP contribution is -2.36. The third-order valence-corrected chi connectivity index (χ3v) is 1.63. The van der Waals surface area contributed by atoms with E-state index in [0.29, 0.717) is 11.2 Å². The van der Waals surface area contributed by atoms with Crippen molar-refractivity contribution in [2.45, 2.75) is 19.3 Å². The molecule has 0 aromatic heterocycles. The second-order valence-corrected chi connectivity index (χ2v) is 2.85. The molecule has 0 saturated heterocycles. The smallest absolute Gasteiger partial charge is 0.414 e. The van der Waals surface area contributed by atoms with Crippen molar-refractivity contribution >= 4 is 18.3 Å². The van der Waals surface area contributed by atoms with Crippen LogP contribution < -0.4 is 0 Å². The van der Waals surface area contributed by atoms with Crippen LogP contribution in [0.4, 0.5) is 4.79 Å². The molecule has 0 spiro atoms. The topological polar surface area (TPSA) is 94.9 Å². The number of aldehydes is 1. The van der Waals surface area contributed by atoms with E-state index in [4.69, 9.17) is 10.2 Å². The van der Waals surface area contributed by atoms with E-state index >= 15 is 0 Å². The van der Waals surface area contributed by atoms with Crippen LogP contribution in [-0.4, -0.2) is 39.9 Å². The molecule has 84 valence electrons. The summed E-state index contributed by atoms with van der Waals surface area (Å²) in [7, 11) is 0. The minimum atomic E-state index is -1.40. The molecule has 15 heavy (non-hydrogen) atoms. The quantitative estimate of drug-likeness (QED) is 0.507. The van der Waals surface area contributed by atoms with Gasteiger partial charge in [-0.15, -0.1) is 0 Å². The van der Waals surface area contributed by atoms with Crippen LogP contribution in [0.5, 0.6) is 0 Å². The molecule has 0 aromatic rings. The van der Waals surface area contributed by atoms with Crippen LogP contribution in [0.2, 0.25) is 0 Å². The molecule has 6 nitrogen and oxygen atoms in total. The van der Waals surface area contributed by atoms with E-state index in [1.54, 1.807) is 0 Å². The Morgan fingerprint density at radius 2 is 1.87 bits per heavy atom. The molecule has 0 aliphatic heterocycles. The fourth-order valence-corrected chi connectivity index (χ4v) is 0.895. The van der Waals surface area contributed by atoms with E-state index in [1.807, 2.05) is 0 Å². The van der Waals surface area contributed by atoms with Crippen LogP contribution >= 0.6 is 0 Å². The van der Waals surface area contributed by atoms with Crippen molar-refractivity contribution in [2.75, 3.05) is 6.54 Å². The number of imide groups is 1. The van der Waals surface area contributed by atoms with Gasteiger partial charge in [0.25, 0.3) is 0 Å². The van der Waals surface area contributed by atoms with Crippen LogP contribution in [0, 0.1) is 0 Å². The second-order valence-electron chi connectivity index (χ2n) is 2.85. The van der Waals surface area contributed by atoms with Gasteiger partial charge in [0.1, 0.15) is 6.29 Å². The summed E-state index contributed by atoms with van der Waals surface area (Å²) in [6, 6.07) is 0. The van der Waals surface area contributed by atoms with Gasteiger partial charge in [0.05, 0.1) is 5.76 Å². The van der Waals surface area contributed by atoms with Gasteiger partial charge in [-0.25, -0.2) is 9.69 Å². The number of nitrogens with zero attached hydrogens (tertiary/aromatic N) is 1. The molecule has 6 heteroatoms. The van der Waals surface area contributed by atoms with Crippen LogP contribution in [0.25, 0.3) is 0 Å². The number of aliphatic hydroxyl groups is 1. The van der Waals surface area contributed by atoms with Gasteiger partial charge in [-0.3, -0.25) is 4.79 Å². The van der Waals surface area contributed by atoms with Gasteiger partial charge >= 0.3 is 6.09 Å². The molecule has 0 atom stereocenters. The summed E-state index contributed by atoms with van der Waals surface area (Å²) in [6.45, 7) is 3.02. The van der Waals surface area contributed by atoms with E-state index in [9.17, 15) is 14.4 Å². The lowest BCUT2D eigenvalue weighted by Gasteiger charge is -2.15. The van der Waals surface area contributed by atoms with E-state index in [1.165, 1.54) is 0 Å². The van der Waals surface area contributed by atoms with E-state index in [2.05, 4.69) is 6.58 Å². The Morgan fingerprint density at radius 3 is 2.27 bits per heavy atom. The van der Waals surface area contributed by atoms with Crippen molar-refractivity contribution in [3.05, 3.63) is 12.3 Å². The molecule has 0 bridgehead atoms. The first kappa shape index (κ1) is 13.2. The molecule has 2 amide bonds. The van der Waals surface area contributed by atoms with Crippen LogP contribution in [0.15, 0.2) is 12.3 Å². The average molecular weight is 215 g/mol. The summed E-state index contributed by atoms with van der Waals surface area (Å²) in [5, 5.41) is 17.4. The maximum absolute atomic E-state index is 11.3. The van der Waals surface area contributed by atoms with Crippen molar-refractivity contribution in [3.8, 4) is 0 Å². The standard InChI is InChI=1S/C9H13NO5/c1-7(12)3-4-8(13)10(9(14)15)5-2-6-11/h6,12H,1-5H2,(H,14,15). The lowest BCUT2D eigenvalue weighted by molar-refractivity contribution is -0.129. The van der Waals surface area contributed by atoms with Gasteiger partial charge in [0, 0.05) is 25.8 Å². The maximum atomic E-state index is 11.3. The molecular weight excluding hydrogens is 202 g/mol. The molecule has 0 unspecified atom stereocenters. The molecule has 0 heterocycles. The van der Waals surface area contributed by atoms with Gasteiger partial charge in [0.2, 0.25) is 5.91 Å². The fraction of sp³-hybridized carbons (Fsp3) is 0.444. The largest absolute Gasteiger partial charge is 0.513 e. The lowest BCUT2D eigenvalue weighted by atomic mass is 10.2. The van der Waals surface area contributed by atoms with Gasteiger partial charge in [-0.05, 0) is 0 Å². The van der Waals surface area contributed by atoms with Crippen molar-refractivity contribution in [1.29, 1.82) is 0 Å². The van der Waals surface area contributed by atoms with Gasteiger partial charge in [-0.1, -0.05) is 6.58 Å². The first-order valence-electron chi connectivity index (χ1n) is 4.32. The fourth-order valence-electron chi connectivity index (χ4n) is 0.895. The zero-order chi connectivity index (χ0) is 11.8. The molecular formula is C9H13NO5. The third-order valence-electron chi connectivity index (χ3n) is 1.63. The monoisotopic (exact) mass is 215 g/mol.